The highest BCUT2D eigenvalue weighted by atomic mass is 19.1. The lowest BCUT2D eigenvalue weighted by atomic mass is 9.93. The number of nitrogens with zero attached hydrogens (tertiary/aromatic N) is 8. The van der Waals surface area contributed by atoms with Gasteiger partial charge in [-0.05, 0) is 70.4 Å². The van der Waals surface area contributed by atoms with Crippen LogP contribution in [0.5, 0.6) is 23.5 Å². The second-order valence-electron chi connectivity index (χ2n) is 15.3. The number of piperazine rings is 1. The van der Waals surface area contributed by atoms with Gasteiger partial charge in [-0.3, -0.25) is 9.47 Å². The summed E-state index contributed by atoms with van der Waals surface area (Å²) in [4.78, 5) is 36.8. The molecule has 3 fully saturated rings. The van der Waals surface area contributed by atoms with Gasteiger partial charge in [-0.2, -0.15) is 15.0 Å². The molecule has 288 valence electrons. The van der Waals surface area contributed by atoms with Crippen molar-refractivity contribution in [3.63, 3.8) is 0 Å². The molecule has 2 unspecified atom stereocenters. The van der Waals surface area contributed by atoms with Crippen LogP contribution < -0.4 is 19.1 Å². The molecule has 5 aromatic rings. The molecule has 0 radical (unpaired) electrons. The lowest BCUT2D eigenvalue weighted by Gasteiger charge is -2.42. The molecule has 55 heavy (non-hydrogen) atoms. The van der Waals surface area contributed by atoms with Gasteiger partial charge in [0.2, 0.25) is 0 Å². The maximum atomic E-state index is 15.2. The number of hydrogen-bond acceptors (Lipinski definition) is 11. The highest BCUT2D eigenvalue weighted by molar-refractivity contribution is 5.95. The zero-order valence-corrected chi connectivity index (χ0v) is 31.7. The number of aryl methyl sites for hydroxylation is 1. The van der Waals surface area contributed by atoms with E-state index in [1.54, 1.807) is 24.4 Å². The van der Waals surface area contributed by atoms with Crippen molar-refractivity contribution in [1.29, 1.82) is 0 Å². The molecule has 2 aliphatic heterocycles. The molecular formula is C40H45FN8O6. The third-order valence-electron chi connectivity index (χ3n) is 10.5. The molecule has 2 atom stereocenters. The predicted octanol–water partition coefficient (Wildman–Crippen LogP) is 6.54. The maximum absolute atomic E-state index is 15.2. The van der Waals surface area contributed by atoms with E-state index in [0.717, 1.165) is 37.9 Å². The van der Waals surface area contributed by atoms with Crippen molar-refractivity contribution in [2.24, 2.45) is 7.05 Å². The predicted molar refractivity (Wildman–Crippen MR) is 202 cm³/mol. The van der Waals surface area contributed by atoms with Crippen molar-refractivity contribution >= 4 is 33.8 Å². The van der Waals surface area contributed by atoms with E-state index in [9.17, 15) is 4.79 Å². The van der Waals surface area contributed by atoms with Crippen LogP contribution in [0.25, 0.3) is 21.9 Å². The fourth-order valence-electron chi connectivity index (χ4n) is 7.75. The Labute approximate surface area is 318 Å². The molecule has 2 bridgehead atoms. The molecule has 1 amide bonds. The van der Waals surface area contributed by atoms with E-state index >= 15 is 4.39 Å². The van der Waals surface area contributed by atoms with Crippen LogP contribution in [0.2, 0.25) is 0 Å². The van der Waals surface area contributed by atoms with Crippen LogP contribution in [0.4, 0.5) is 15.0 Å². The summed E-state index contributed by atoms with van der Waals surface area (Å²) < 4.78 is 48.9. The Balaban J connectivity index is 1.23. The highest BCUT2D eigenvalue weighted by Gasteiger charge is 2.45. The molecule has 8 rings (SSSR count). The van der Waals surface area contributed by atoms with Crippen LogP contribution in [0.15, 0.2) is 36.7 Å². The number of imidazole rings is 2. The SMILES string of the molecule is C#Cc1c(F)ccc2cc(OCOC)cc(Oc3nc4nc(OCCc5nccn5C)nc(N5CC6CCC(C5)N6C(=O)OC(C)(C)C)c4n3C3CCC3)c12. The van der Waals surface area contributed by atoms with Crippen LogP contribution in [0, 0.1) is 18.2 Å². The number of fused-ring (bicyclic) bond motifs is 4. The molecule has 3 aromatic heterocycles. The number of anilines is 1. The molecule has 0 N–H and O–H groups in total. The number of methoxy groups -OCH3 is 1. The first-order chi connectivity index (χ1) is 26.5. The Morgan fingerprint density at radius 2 is 1.82 bits per heavy atom. The van der Waals surface area contributed by atoms with Gasteiger partial charge in [0.15, 0.2) is 18.3 Å². The highest BCUT2D eigenvalue weighted by Crippen LogP contribution is 2.45. The number of carbonyl (C=O) groups is 1. The third-order valence-corrected chi connectivity index (χ3v) is 10.5. The van der Waals surface area contributed by atoms with Crippen LogP contribution in [0.1, 0.15) is 70.3 Å². The number of ether oxygens (including phenoxy) is 5. The van der Waals surface area contributed by atoms with E-state index in [2.05, 4.69) is 20.4 Å². The average molecular weight is 753 g/mol. The summed E-state index contributed by atoms with van der Waals surface area (Å²) in [5.74, 6) is 4.20. The van der Waals surface area contributed by atoms with Crippen molar-refractivity contribution in [2.45, 2.75) is 83.0 Å². The van der Waals surface area contributed by atoms with E-state index in [1.807, 2.05) is 43.5 Å². The molecule has 5 heterocycles. The Bertz CT molecular complexity index is 2280. The number of halogens is 1. The van der Waals surface area contributed by atoms with Gasteiger partial charge in [-0.25, -0.2) is 14.2 Å². The Hall–Kier alpha value is -5.62. The van der Waals surface area contributed by atoms with Crippen LogP contribution in [-0.2, 0) is 22.9 Å². The van der Waals surface area contributed by atoms with Crippen LogP contribution in [-0.4, -0.2) is 91.3 Å². The molecule has 0 spiro atoms. The summed E-state index contributed by atoms with van der Waals surface area (Å²) in [6.45, 7) is 7.01. The van der Waals surface area contributed by atoms with Gasteiger partial charge >= 0.3 is 18.1 Å². The molecule has 2 aromatic carbocycles. The molecule has 2 saturated heterocycles. The van der Waals surface area contributed by atoms with E-state index in [4.69, 9.17) is 45.1 Å². The zero-order chi connectivity index (χ0) is 38.4. The number of benzene rings is 2. The Kier molecular flexibility index (Phi) is 9.62. The van der Waals surface area contributed by atoms with Gasteiger partial charge in [-0.15, -0.1) is 6.42 Å². The van der Waals surface area contributed by atoms with Gasteiger partial charge < -0.3 is 33.2 Å². The van der Waals surface area contributed by atoms with E-state index in [0.29, 0.717) is 59.6 Å². The quantitative estimate of drug-likeness (QED) is 0.108. The summed E-state index contributed by atoms with van der Waals surface area (Å²) in [6, 6.07) is 6.72. The minimum absolute atomic E-state index is 0.000222. The monoisotopic (exact) mass is 752 g/mol. The number of hydrogen-bond donors (Lipinski definition) is 0. The molecule has 1 saturated carbocycles. The first-order valence-corrected chi connectivity index (χ1v) is 18.7. The fraction of sp³-hybridized carbons (Fsp3) is 0.475. The Morgan fingerprint density at radius 3 is 2.47 bits per heavy atom. The normalized spacial score (nSPS) is 18.4. The Morgan fingerprint density at radius 1 is 1.04 bits per heavy atom. The standard InChI is InChI=1S/C40H45FN8O6/c1-7-29-30(41)14-11-24-19-28(53-23-51-6)20-31(33(24)29)54-38-44-35-34(49(38)25-9-8-10-25)36(45-37(43-35)52-18-15-32-42-16-17-46(32)5)47-21-26-12-13-27(22-47)48(26)39(50)55-40(2,3)4/h1,11,14,16-17,19-20,25-27H,8-10,12-13,15,18,21-23H2,2-6H3. The van der Waals surface area contributed by atoms with Gasteiger partial charge in [0.05, 0.1) is 24.3 Å². The largest absolute Gasteiger partial charge is 0.467 e. The number of rotatable bonds is 11. The summed E-state index contributed by atoms with van der Waals surface area (Å²) in [7, 11) is 3.47. The second-order valence-corrected chi connectivity index (χ2v) is 15.3. The minimum Gasteiger partial charge on any atom is -0.467 e. The molecule has 15 heteroatoms. The summed E-state index contributed by atoms with van der Waals surface area (Å²) in [5, 5.41) is 1.05. The van der Waals surface area contributed by atoms with Crippen LogP contribution in [0.3, 0.4) is 0 Å². The number of carbonyl (C=O) groups excluding carboxylic acids is 1. The zero-order valence-electron chi connectivity index (χ0n) is 31.7. The van der Waals surface area contributed by atoms with Gasteiger partial charge in [0, 0.05) is 63.6 Å². The van der Waals surface area contributed by atoms with Gasteiger partial charge in [0.25, 0.3) is 0 Å². The van der Waals surface area contributed by atoms with E-state index in [1.165, 1.54) is 13.2 Å². The summed E-state index contributed by atoms with van der Waals surface area (Å²) >= 11 is 0. The molecular weight excluding hydrogens is 707 g/mol. The molecule has 1 aliphatic carbocycles. The van der Waals surface area contributed by atoms with Crippen LogP contribution >= 0.6 is 0 Å². The smallest absolute Gasteiger partial charge is 0.410 e. The molecule has 3 aliphatic rings. The van der Waals surface area contributed by atoms with Gasteiger partial charge in [-0.1, -0.05) is 12.0 Å². The van der Waals surface area contributed by atoms with E-state index < -0.39 is 11.4 Å². The lowest BCUT2D eigenvalue weighted by Crippen LogP contribution is -2.57. The van der Waals surface area contributed by atoms with Crippen molar-refractivity contribution in [3.8, 4) is 35.9 Å². The summed E-state index contributed by atoms with van der Waals surface area (Å²) in [5.41, 5.74) is 0.549. The van der Waals surface area contributed by atoms with Crippen molar-refractivity contribution in [1.82, 2.24) is 34.0 Å². The number of aromatic nitrogens is 6. The number of amides is 1. The van der Waals surface area contributed by atoms with Crippen molar-refractivity contribution in [2.75, 3.05) is 38.5 Å². The van der Waals surface area contributed by atoms with Gasteiger partial charge in [0.1, 0.15) is 34.3 Å². The molecule has 14 nitrogen and oxygen atoms in total. The average Bonchev–Trinajstić information content (AvgIpc) is 3.77. The van der Waals surface area contributed by atoms with Crippen molar-refractivity contribution in [3.05, 3.63) is 53.9 Å². The first kappa shape index (κ1) is 36.4. The van der Waals surface area contributed by atoms with E-state index in [-0.39, 0.29) is 54.3 Å². The topological polar surface area (TPSA) is 131 Å². The first-order valence-electron chi connectivity index (χ1n) is 18.7. The third kappa shape index (κ3) is 7.06. The lowest BCUT2D eigenvalue weighted by molar-refractivity contribution is 0.0122. The van der Waals surface area contributed by atoms with Crippen molar-refractivity contribution < 1.29 is 32.9 Å². The second kappa shape index (κ2) is 14.6. The minimum atomic E-state index is -0.604. The fourth-order valence-corrected chi connectivity index (χ4v) is 7.75. The summed E-state index contributed by atoms with van der Waals surface area (Å²) in [6.07, 6.45) is 14.3. The number of terminal acetylenes is 1. The maximum Gasteiger partial charge on any atom is 0.410 e.